The maximum atomic E-state index is 12.4. The van der Waals surface area contributed by atoms with Gasteiger partial charge in [0.15, 0.2) is 31.5 Å². The Hall–Kier alpha value is -2.02. The summed E-state index contributed by atoms with van der Waals surface area (Å²) in [5, 5.41) is 163. The smallest absolute Gasteiger partial charge is 0.217 e. The molecule has 0 radical (unpaired) electrons. The number of amides is 2. The molecule has 0 aliphatic carbocycles. The highest BCUT2D eigenvalue weighted by Crippen LogP contribution is 2.35. The van der Waals surface area contributed by atoms with Crippen molar-refractivity contribution in [2.75, 3.05) is 33.0 Å². The monoisotopic (exact) mass is 910 g/mol. The summed E-state index contributed by atoms with van der Waals surface area (Å²) in [5.74, 6) is -1.48. The topological polar surface area (TPSA) is 445 Å². The quantitative estimate of drug-likeness (QED) is 0.0725. The average molecular weight is 911 g/mol. The van der Waals surface area contributed by atoms with Gasteiger partial charge in [-0.25, -0.2) is 0 Å². The molecular weight excluding hydrogens is 852 g/mol. The van der Waals surface area contributed by atoms with Crippen molar-refractivity contribution in [3.8, 4) is 0 Å². The molecular formula is C34H58N2O26. The molecule has 17 N–H and O–H groups in total. The van der Waals surface area contributed by atoms with Crippen molar-refractivity contribution in [1.29, 1.82) is 0 Å². The molecule has 360 valence electrons. The Morgan fingerprint density at radius 1 is 0.419 bits per heavy atom. The van der Waals surface area contributed by atoms with E-state index < -0.39 is 198 Å². The molecule has 0 aromatic rings. The Kier molecular flexibility index (Phi) is 18.1. The molecule has 0 spiro atoms. The van der Waals surface area contributed by atoms with Crippen LogP contribution in [0.2, 0.25) is 0 Å². The van der Waals surface area contributed by atoms with Crippen LogP contribution >= 0.6 is 0 Å². The zero-order valence-corrected chi connectivity index (χ0v) is 33.2. The van der Waals surface area contributed by atoms with Gasteiger partial charge in [0.25, 0.3) is 0 Å². The lowest BCUT2D eigenvalue weighted by molar-refractivity contribution is -0.383. The number of hydrogen-bond acceptors (Lipinski definition) is 26. The summed E-state index contributed by atoms with van der Waals surface area (Å²) in [6.45, 7) is -2.29. The van der Waals surface area contributed by atoms with Crippen LogP contribution in [0, 0.1) is 0 Å². The Morgan fingerprint density at radius 2 is 0.790 bits per heavy atom. The van der Waals surface area contributed by atoms with Gasteiger partial charge in [0, 0.05) is 13.8 Å². The summed E-state index contributed by atoms with van der Waals surface area (Å²) in [4.78, 5) is 24.2. The van der Waals surface area contributed by atoms with Crippen molar-refractivity contribution < 1.29 is 129 Å². The molecule has 2 amide bonds. The van der Waals surface area contributed by atoms with E-state index in [0.29, 0.717) is 0 Å². The molecule has 62 heavy (non-hydrogen) atoms. The van der Waals surface area contributed by atoms with Gasteiger partial charge < -0.3 is 130 Å². The largest absolute Gasteiger partial charge is 0.394 e. The third kappa shape index (κ3) is 11.0. The van der Waals surface area contributed by atoms with Crippen molar-refractivity contribution in [3.05, 3.63) is 0 Å². The van der Waals surface area contributed by atoms with Crippen LogP contribution < -0.4 is 10.6 Å². The minimum absolute atomic E-state index is 0.689. The van der Waals surface area contributed by atoms with Gasteiger partial charge in [-0.3, -0.25) is 9.59 Å². The van der Waals surface area contributed by atoms with Crippen molar-refractivity contribution in [2.24, 2.45) is 0 Å². The first kappa shape index (κ1) is 51.0. The Balaban J connectivity index is 1.40. The van der Waals surface area contributed by atoms with Gasteiger partial charge in [-0.05, 0) is 0 Å². The lowest BCUT2D eigenvalue weighted by Crippen LogP contribution is -2.70. The van der Waals surface area contributed by atoms with Gasteiger partial charge >= 0.3 is 0 Å². The molecule has 5 fully saturated rings. The van der Waals surface area contributed by atoms with Crippen molar-refractivity contribution in [3.63, 3.8) is 0 Å². The minimum atomic E-state index is -2.19. The highest BCUT2D eigenvalue weighted by Gasteiger charge is 2.56. The lowest BCUT2D eigenvalue weighted by Gasteiger charge is -2.50. The van der Waals surface area contributed by atoms with Crippen LogP contribution in [-0.4, -0.2) is 275 Å². The van der Waals surface area contributed by atoms with Gasteiger partial charge in [0.2, 0.25) is 11.8 Å². The van der Waals surface area contributed by atoms with E-state index in [4.69, 9.17) is 42.6 Å². The third-order valence-electron chi connectivity index (χ3n) is 11.1. The minimum Gasteiger partial charge on any atom is -0.394 e. The first-order valence-electron chi connectivity index (χ1n) is 19.6. The van der Waals surface area contributed by atoms with E-state index in [1.165, 1.54) is 0 Å². The number of carbonyl (C=O) groups is 2. The molecule has 25 atom stereocenters. The van der Waals surface area contributed by atoms with E-state index in [1.54, 1.807) is 0 Å². The van der Waals surface area contributed by atoms with Gasteiger partial charge in [0.05, 0.1) is 33.0 Å². The van der Waals surface area contributed by atoms with Crippen LogP contribution in [0.3, 0.4) is 0 Å². The number of nitrogens with one attached hydrogen (secondary N) is 2. The molecule has 5 rings (SSSR count). The first-order chi connectivity index (χ1) is 29.3. The SMILES string of the molecule is CC(=O)N[C@@H]1[C@@H](O)[C@H](O[C@@H]2O[C@H](CO)[C@@H](O[C@@H]3O[C@H](CO[C@@H]4O[C@H](CO)[C@@H](O)[C@H](O)[C@@H]4O)[C@@H](O[C@@H]4O[C@H](CO)[C@@H](O)[C@H](O)[C@@H]4O)[C@H](O)[C@@H]3O)[C@H](O)[C@H]2NC(C)=O)[C@@H](CO)O[C@H]1O. The van der Waals surface area contributed by atoms with Crippen LogP contribution in [0.15, 0.2) is 0 Å². The fraction of sp³-hybridized carbons (Fsp3) is 0.941. The summed E-state index contributed by atoms with van der Waals surface area (Å²) in [6, 6.07) is -3.17. The van der Waals surface area contributed by atoms with E-state index in [-0.39, 0.29) is 0 Å². The van der Waals surface area contributed by atoms with Crippen molar-refractivity contribution in [2.45, 2.75) is 167 Å². The maximum absolute atomic E-state index is 12.4. The fourth-order valence-corrected chi connectivity index (χ4v) is 7.74. The summed E-state index contributed by atoms with van der Waals surface area (Å²) < 4.78 is 50.9. The highest BCUT2D eigenvalue weighted by molar-refractivity contribution is 5.73. The predicted molar refractivity (Wildman–Crippen MR) is 190 cm³/mol. The molecule has 0 bridgehead atoms. The van der Waals surface area contributed by atoms with Gasteiger partial charge in [-0.15, -0.1) is 0 Å². The molecule has 28 heteroatoms. The fourth-order valence-electron chi connectivity index (χ4n) is 7.74. The number of carbonyl (C=O) groups excluding carboxylic acids is 2. The van der Waals surface area contributed by atoms with Crippen LogP contribution in [0.5, 0.6) is 0 Å². The number of aliphatic hydroxyl groups excluding tert-OH is 15. The van der Waals surface area contributed by atoms with Gasteiger partial charge in [-0.2, -0.15) is 0 Å². The zero-order valence-electron chi connectivity index (χ0n) is 33.2. The third-order valence-corrected chi connectivity index (χ3v) is 11.1. The van der Waals surface area contributed by atoms with Gasteiger partial charge in [0.1, 0.15) is 122 Å². The van der Waals surface area contributed by atoms with Crippen LogP contribution in [0.1, 0.15) is 13.8 Å². The van der Waals surface area contributed by atoms with Crippen LogP contribution in [0.4, 0.5) is 0 Å². The first-order valence-corrected chi connectivity index (χ1v) is 19.6. The lowest BCUT2D eigenvalue weighted by atomic mass is 9.94. The summed E-state index contributed by atoms with van der Waals surface area (Å²) in [5.41, 5.74) is 0. The van der Waals surface area contributed by atoms with E-state index in [0.717, 1.165) is 13.8 Å². The maximum Gasteiger partial charge on any atom is 0.217 e. The second-order valence-electron chi connectivity index (χ2n) is 15.5. The number of hydrogen-bond donors (Lipinski definition) is 17. The second kappa shape index (κ2) is 22.0. The highest BCUT2D eigenvalue weighted by atomic mass is 16.8. The molecule has 0 saturated carbocycles. The number of rotatable bonds is 15. The summed E-state index contributed by atoms with van der Waals surface area (Å²) >= 11 is 0. The molecule has 5 heterocycles. The Morgan fingerprint density at radius 3 is 1.29 bits per heavy atom. The molecule has 5 aliphatic heterocycles. The molecule has 0 aromatic carbocycles. The van der Waals surface area contributed by atoms with Crippen LogP contribution in [0.25, 0.3) is 0 Å². The summed E-state index contributed by atoms with van der Waals surface area (Å²) in [6.07, 6.45) is -42.1. The van der Waals surface area contributed by atoms with Gasteiger partial charge in [-0.1, -0.05) is 0 Å². The van der Waals surface area contributed by atoms with Crippen molar-refractivity contribution in [1.82, 2.24) is 10.6 Å². The Labute approximate surface area is 351 Å². The predicted octanol–water partition coefficient (Wildman–Crippen LogP) is -11.6. The normalized spacial score (nSPS) is 49.0. The van der Waals surface area contributed by atoms with Crippen molar-refractivity contribution >= 4 is 11.8 Å². The molecule has 28 nitrogen and oxygen atoms in total. The standard InChI is InChI=1S/C34H58N2O26/c1-8(41)35-15-19(45)27(12(5-39)55-30(15)53)60-31-16(36-9(2)42)20(46)28(13(6-40)58-31)61-34-26(52)23(49)29(62-33-25(51)22(48)18(44)11(4-38)57-33)14(59-34)7-54-32-24(50)21(47)17(43)10(3-37)56-32/h10-34,37-40,43-53H,3-7H2,1-2H3,(H,35,41)(H,36,42)/t10-,11-,12-,13-,14-,15-,16-,17-,18-,19-,20-,21+,22+,23-,24+,25+,26+,27-,28-,29-,30-,31+,32-,33+,34+/m1/s1. The number of aliphatic hydroxyl groups is 15. The summed E-state index contributed by atoms with van der Waals surface area (Å²) in [7, 11) is 0. The second-order valence-corrected chi connectivity index (χ2v) is 15.5. The van der Waals surface area contributed by atoms with E-state index in [2.05, 4.69) is 10.6 Å². The Bertz CT molecular complexity index is 1440. The van der Waals surface area contributed by atoms with E-state index in [9.17, 15) is 86.2 Å². The van der Waals surface area contributed by atoms with E-state index in [1.807, 2.05) is 0 Å². The van der Waals surface area contributed by atoms with E-state index >= 15 is 0 Å². The average Bonchev–Trinajstić information content (AvgIpc) is 3.23. The molecule has 0 aromatic heterocycles. The zero-order chi connectivity index (χ0) is 45.9. The molecule has 5 saturated heterocycles. The number of ether oxygens (including phenoxy) is 9. The molecule has 0 unspecified atom stereocenters. The van der Waals surface area contributed by atoms with Crippen LogP contribution in [-0.2, 0) is 52.2 Å². The molecule has 5 aliphatic rings.